The molecule has 1 aromatic carbocycles. The smallest absolute Gasteiger partial charge is 0.191 e. The van der Waals surface area contributed by atoms with Gasteiger partial charge in [0.05, 0.1) is 13.2 Å². The number of thioether (sulfide) groups is 1. The van der Waals surface area contributed by atoms with Gasteiger partial charge in [0.2, 0.25) is 0 Å². The van der Waals surface area contributed by atoms with Gasteiger partial charge < -0.3 is 15.0 Å². The third kappa shape index (κ3) is 3.24. The Morgan fingerprint density at radius 3 is 2.72 bits per heavy atom. The Hall–Kier alpha value is -1.53. The van der Waals surface area contributed by atoms with Crippen molar-refractivity contribution >= 4 is 11.8 Å². The number of benzene rings is 1. The molecule has 18 heavy (non-hydrogen) atoms. The molecule has 0 fully saturated rings. The maximum Gasteiger partial charge on any atom is 0.191 e. The second kappa shape index (κ2) is 6.42. The Bertz CT molecular complexity index is 486. The zero-order valence-corrected chi connectivity index (χ0v) is 11.1. The van der Waals surface area contributed by atoms with Gasteiger partial charge in [-0.05, 0) is 12.1 Å². The van der Waals surface area contributed by atoms with Gasteiger partial charge in [-0.15, -0.1) is 10.2 Å². The number of hydrogen-bond acceptors (Lipinski definition) is 5. The van der Waals surface area contributed by atoms with Crippen LogP contribution >= 0.6 is 11.8 Å². The van der Waals surface area contributed by atoms with Crippen LogP contribution < -0.4 is 10.5 Å². The van der Waals surface area contributed by atoms with Crippen LogP contribution in [0, 0.1) is 0 Å². The largest absolute Gasteiger partial charge is 0.493 e. The standard InChI is InChI=1S/C12H16N4OS/c1-16-11(9-13)14-15-12(16)18-8-7-17-10-5-3-2-4-6-10/h2-6H,7-9,13H2,1H3. The fourth-order valence-corrected chi connectivity index (χ4v) is 2.20. The minimum atomic E-state index is 0.407. The quantitative estimate of drug-likeness (QED) is 0.632. The normalized spacial score (nSPS) is 10.6. The highest BCUT2D eigenvalue weighted by atomic mass is 32.2. The summed E-state index contributed by atoms with van der Waals surface area (Å²) in [5.41, 5.74) is 5.54. The first kappa shape index (κ1) is 12.9. The molecule has 0 unspecified atom stereocenters. The van der Waals surface area contributed by atoms with Crippen molar-refractivity contribution in [2.75, 3.05) is 12.4 Å². The fourth-order valence-electron chi connectivity index (χ4n) is 1.46. The Morgan fingerprint density at radius 2 is 2.06 bits per heavy atom. The first-order chi connectivity index (χ1) is 8.81. The summed E-state index contributed by atoms with van der Waals surface area (Å²) in [4.78, 5) is 0. The Labute approximate surface area is 110 Å². The summed E-state index contributed by atoms with van der Waals surface area (Å²) in [6, 6.07) is 9.77. The van der Waals surface area contributed by atoms with Gasteiger partial charge >= 0.3 is 0 Å². The molecular formula is C12H16N4OS. The van der Waals surface area contributed by atoms with Gasteiger partial charge in [0.15, 0.2) is 5.16 Å². The van der Waals surface area contributed by atoms with E-state index in [1.165, 1.54) is 0 Å². The number of ether oxygens (including phenoxy) is 1. The first-order valence-electron chi connectivity index (χ1n) is 5.70. The molecule has 2 aromatic rings. The van der Waals surface area contributed by atoms with E-state index < -0.39 is 0 Å². The second-order valence-electron chi connectivity index (χ2n) is 3.67. The summed E-state index contributed by atoms with van der Waals surface area (Å²) >= 11 is 1.61. The SMILES string of the molecule is Cn1c(CN)nnc1SCCOc1ccccc1. The van der Waals surface area contributed by atoms with Crippen LogP contribution in [0.15, 0.2) is 35.5 Å². The number of nitrogens with two attached hydrogens (primary N) is 1. The summed E-state index contributed by atoms with van der Waals surface area (Å²) < 4.78 is 7.51. The lowest BCUT2D eigenvalue weighted by atomic mass is 10.3. The maximum atomic E-state index is 5.60. The van der Waals surface area contributed by atoms with Crippen molar-refractivity contribution in [3.8, 4) is 5.75 Å². The fraction of sp³-hybridized carbons (Fsp3) is 0.333. The van der Waals surface area contributed by atoms with Gasteiger partial charge in [0.1, 0.15) is 11.6 Å². The molecule has 0 amide bonds. The van der Waals surface area contributed by atoms with E-state index in [1.807, 2.05) is 41.9 Å². The summed E-state index contributed by atoms with van der Waals surface area (Å²) in [7, 11) is 1.92. The number of nitrogens with zero attached hydrogens (tertiary/aromatic N) is 3. The van der Waals surface area contributed by atoms with Crippen LogP contribution in [0.2, 0.25) is 0 Å². The average Bonchev–Trinajstić information content (AvgIpc) is 2.77. The molecule has 5 nitrogen and oxygen atoms in total. The lowest BCUT2D eigenvalue weighted by Gasteiger charge is -2.05. The van der Waals surface area contributed by atoms with Crippen molar-refractivity contribution in [2.24, 2.45) is 12.8 Å². The van der Waals surface area contributed by atoms with E-state index in [-0.39, 0.29) is 0 Å². The molecule has 0 atom stereocenters. The minimum Gasteiger partial charge on any atom is -0.493 e. The summed E-state index contributed by atoms with van der Waals surface area (Å²) in [6.07, 6.45) is 0. The van der Waals surface area contributed by atoms with E-state index in [4.69, 9.17) is 10.5 Å². The van der Waals surface area contributed by atoms with Crippen LogP contribution in [0.25, 0.3) is 0 Å². The average molecular weight is 264 g/mol. The third-order valence-corrected chi connectivity index (χ3v) is 3.42. The molecule has 1 heterocycles. The molecule has 96 valence electrons. The molecule has 1 aromatic heterocycles. The van der Waals surface area contributed by atoms with Gasteiger partial charge in [-0.25, -0.2) is 0 Å². The van der Waals surface area contributed by atoms with Crippen molar-refractivity contribution < 1.29 is 4.74 Å². The monoisotopic (exact) mass is 264 g/mol. The first-order valence-corrected chi connectivity index (χ1v) is 6.69. The van der Waals surface area contributed by atoms with Gasteiger partial charge in [-0.3, -0.25) is 0 Å². The lowest BCUT2D eigenvalue weighted by Crippen LogP contribution is -2.06. The van der Waals surface area contributed by atoms with Crippen LogP contribution in [0.3, 0.4) is 0 Å². The highest BCUT2D eigenvalue weighted by Gasteiger charge is 2.07. The van der Waals surface area contributed by atoms with Gasteiger partial charge in [-0.1, -0.05) is 30.0 Å². The van der Waals surface area contributed by atoms with Crippen molar-refractivity contribution in [2.45, 2.75) is 11.7 Å². The van der Waals surface area contributed by atoms with Crippen LogP contribution in [0.1, 0.15) is 5.82 Å². The van der Waals surface area contributed by atoms with E-state index >= 15 is 0 Å². The highest BCUT2D eigenvalue weighted by molar-refractivity contribution is 7.99. The van der Waals surface area contributed by atoms with Crippen LogP contribution in [0.4, 0.5) is 0 Å². The van der Waals surface area contributed by atoms with Gasteiger partial charge in [0.25, 0.3) is 0 Å². The third-order valence-electron chi connectivity index (χ3n) is 2.43. The van der Waals surface area contributed by atoms with Crippen LogP contribution in [-0.2, 0) is 13.6 Å². The second-order valence-corrected chi connectivity index (χ2v) is 4.73. The number of rotatable bonds is 6. The molecule has 0 spiro atoms. The van der Waals surface area contributed by atoms with Crippen LogP contribution in [-0.4, -0.2) is 27.1 Å². The van der Waals surface area contributed by atoms with Gasteiger partial charge in [-0.2, -0.15) is 0 Å². The van der Waals surface area contributed by atoms with E-state index in [0.29, 0.717) is 13.2 Å². The van der Waals surface area contributed by atoms with E-state index in [2.05, 4.69) is 10.2 Å². The Balaban J connectivity index is 1.77. The van der Waals surface area contributed by atoms with E-state index in [1.54, 1.807) is 11.8 Å². The zero-order chi connectivity index (χ0) is 12.8. The molecule has 0 aliphatic carbocycles. The summed E-state index contributed by atoms with van der Waals surface area (Å²) in [6.45, 7) is 1.05. The molecule has 0 aliphatic heterocycles. The molecule has 0 radical (unpaired) electrons. The van der Waals surface area contributed by atoms with Crippen molar-refractivity contribution in [1.29, 1.82) is 0 Å². The zero-order valence-electron chi connectivity index (χ0n) is 10.2. The lowest BCUT2D eigenvalue weighted by molar-refractivity contribution is 0.344. The van der Waals surface area contributed by atoms with Crippen LogP contribution in [0.5, 0.6) is 5.75 Å². The van der Waals surface area contributed by atoms with Gasteiger partial charge in [0, 0.05) is 12.8 Å². The molecule has 0 saturated heterocycles. The van der Waals surface area contributed by atoms with Crippen molar-refractivity contribution in [3.63, 3.8) is 0 Å². The molecule has 2 rings (SSSR count). The predicted molar refractivity (Wildman–Crippen MR) is 71.6 cm³/mol. The van der Waals surface area contributed by atoms with Crippen molar-refractivity contribution in [3.05, 3.63) is 36.2 Å². The molecule has 2 N–H and O–H groups in total. The molecule has 0 saturated carbocycles. The Morgan fingerprint density at radius 1 is 1.28 bits per heavy atom. The molecule has 6 heteroatoms. The molecular weight excluding hydrogens is 248 g/mol. The summed E-state index contributed by atoms with van der Waals surface area (Å²) in [5.74, 6) is 2.51. The number of hydrogen-bond donors (Lipinski definition) is 1. The predicted octanol–water partition coefficient (Wildman–Crippen LogP) is 1.44. The van der Waals surface area contributed by atoms with E-state index in [9.17, 15) is 0 Å². The maximum absolute atomic E-state index is 5.60. The van der Waals surface area contributed by atoms with E-state index in [0.717, 1.165) is 22.5 Å². The highest BCUT2D eigenvalue weighted by Crippen LogP contribution is 2.16. The number of para-hydroxylation sites is 1. The van der Waals surface area contributed by atoms with Crippen molar-refractivity contribution in [1.82, 2.24) is 14.8 Å². The topological polar surface area (TPSA) is 66.0 Å². The number of aromatic nitrogens is 3. The summed E-state index contributed by atoms with van der Waals surface area (Å²) in [5, 5.41) is 8.94. The molecule has 0 aliphatic rings. The Kier molecular flexibility index (Phi) is 4.60. The minimum absolute atomic E-state index is 0.407. The molecule has 0 bridgehead atoms.